The number of carbonyl (C=O) groups is 1. The van der Waals surface area contributed by atoms with Crippen LogP contribution in [0.5, 0.6) is 0 Å². The van der Waals surface area contributed by atoms with E-state index in [2.05, 4.69) is 22.6 Å². The van der Waals surface area contributed by atoms with Crippen LogP contribution >= 0.6 is 34.4 Å². The molecule has 1 fully saturated rings. The van der Waals surface area contributed by atoms with Crippen molar-refractivity contribution in [3.05, 3.63) is 21.8 Å². The molecule has 1 heterocycles. The summed E-state index contributed by atoms with van der Waals surface area (Å²) in [7, 11) is 0. The van der Waals surface area contributed by atoms with Gasteiger partial charge in [-0.25, -0.2) is 0 Å². The highest BCUT2D eigenvalue weighted by Gasteiger charge is 2.17. The Morgan fingerprint density at radius 2 is 2.12 bits per heavy atom. The topological polar surface area (TPSA) is 46.3 Å². The Hall–Kier alpha value is -0.430. The van der Waals surface area contributed by atoms with Crippen molar-refractivity contribution in [1.29, 1.82) is 0 Å². The molecule has 0 spiro atoms. The van der Waals surface area contributed by atoms with Gasteiger partial charge < -0.3 is 10.6 Å². The average Bonchev–Trinajstić information content (AvgIpc) is 2.81. The molecule has 0 radical (unpaired) electrons. The van der Waals surface area contributed by atoms with E-state index in [-0.39, 0.29) is 5.91 Å². The van der Waals surface area contributed by atoms with Crippen LogP contribution in [0.4, 0.5) is 5.69 Å². The number of halogens is 1. The summed E-state index contributed by atoms with van der Waals surface area (Å²) in [6.07, 6.45) is 2.30. The molecule has 17 heavy (non-hydrogen) atoms. The number of hydrogen-bond acceptors (Lipinski definition) is 3. The zero-order valence-electron chi connectivity index (χ0n) is 9.49. The summed E-state index contributed by atoms with van der Waals surface area (Å²) in [6, 6.07) is 5.80. The fraction of sp³-hybridized carbons (Fsp3) is 0.417. The zero-order chi connectivity index (χ0) is 12.3. The predicted molar refractivity (Wildman–Crippen MR) is 80.1 cm³/mol. The van der Waals surface area contributed by atoms with Crippen LogP contribution in [-0.2, 0) is 4.79 Å². The minimum atomic E-state index is 0.250. The molecule has 2 rings (SSSR count). The Morgan fingerprint density at radius 1 is 1.41 bits per heavy atom. The number of thioether (sulfide) groups is 1. The predicted octanol–water partition coefficient (Wildman–Crippen LogP) is 2.59. The highest BCUT2D eigenvalue weighted by Crippen LogP contribution is 2.26. The van der Waals surface area contributed by atoms with Gasteiger partial charge in [0.25, 0.3) is 0 Å². The number of nitrogens with zero attached hydrogens (tertiary/aromatic N) is 1. The summed E-state index contributed by atoms with van der Waals surface area (Å²) >= 11 is 3.85. The molecule has 92 valence electrons. The quantitative estimate of drug-likeness (QED) is 0.511. The first-order chi connectivity index (χ1) is 8.16. The molecule has 0 bridgehead atoms. The first-order valence-electron chi connectivity index (χ1n) is 5.62. The summed E-state index contributed by atoms with van der Waals surface area (Å²) in [5, 5.41) is 0. The second-order valence-electron chi connectivity index (χ2n) is 4.07. The minimum absolute atomic E-state index is 0.250. The molecule has 1 saturated heterocycles. The third kappa shape index (κ3) is 3.51. The van der Waals surface area contributed by atoms with Gasteiger partial charge in [-0.2, -0.15) is 0 Å². The van der Waals surface area contributed by atoms with Gasteiger partial charge in [-0.3, -0.25) is 4.79 Å². The molecule has 0 aromatic heterocycles. The molecule has 1 aliphatic rings. The number of amides is 1. The number of rotatable bonds is 3. The third-order valence-corrected chi connectivity index (χ3v) is 5.08. The van der Waals surface area contributed by atoms with Crippen LogP contribution in [0.1, 0.15) is 12.8 Å². The van der Waals surface area contributed by atoms with Crippen LogP contribution < -0.4 is 5.73 Å². The minimum Gasteiger partial charge on any atom is -0.399 e. The van der Waals surface area contributed by atoms with E-state index in [1.54, 1.807) is 11.8 Å². The van der Waals surface area contributed by atoms with E-state index >= 15 is 0 Å². The monoisotopic (exact) mass is 362 g/mol. The average molecular weight is 362 g/mol. The molecule has 2 N–H and O–H groups in total. The lowest BCUT2D eigenvalue weighted by atomic mass is 10.3. The van der Waals surface area contributed by atoms with E-state index in [1.165, 1.54) is 0 Å². The SMILES string of the molecule is Nc1ccc(SCC(=O)N2CCCC2)c(I)c1. The van der Waals surface area contributed by atoms with Crippen LogP contribution in [0.15, 0.2) is 23.1 Å². The molecular weight excluding hydrogens is 347 g/mol. The van der Waals surface area contributed by atoms with Gasteiger partial charge in [-0.1, -0.05) is 0 Å². The number of anilines is 1. The van der Waals surface area contributed by atoms with Crippen LogP contribution in [0, 0.1) is 3.57 Å². The third-order valence-electron chi connectivity index (χ3n) is 2.77. The van der Waals surface area contributed by atoms with E-state index in [1.807, 2.05) is 23.1 Å². The fourth-order valence-corrected chi connectivity index (χ4v) is 3.66. The van der Waals surface area contributed by atoms with Gasteiger partial charge in [0.1, 0.15) is 0 Å². The molecule has 0 aliphatic carbocycles. The van der Waals surface area contributed by atoms with E-state index in [0.717, 1.165) is 40.1 Å². The van der Waals surface area contributed by atoms with Crippen LogP contribution in [0.25, 0.3) is 0 Å². The Balaban J connectivity index is 1.90. The van der Waals surface area contributed by atoms with Gasteiger partial charge in [-0.15, -0.1) is 11.8 Å². The largest absolute Gasteiger partial charge is 0.399 e. The summed E-state index contributed by atoms with van der Waals surface area (Å²) < 4.78 is 1.11. The first-order valence-corrected chi connectivity index (χ1v) is 7.69. The van der Waals surface area contributed by atoms with Crippen molar-refractivity contribution in [2.45, 2.75) is 17.7 Å². The molecular formula is C12H15IN2OS. The van der Waals surface area contributed by atoms with Crippen molar-refractivity contribution in [1.82, 2.24) is 4.90 Å². The van der Waals surface area contributed by atoms with Gasteiger partial charge in [0.05, 0.1) is 5.75 Å². The Bertz CT molecular complexity index is 419. The molecule has 3 nitrogen and oxygen atoms in total. The highest BCUT2D eigenvalue weighted by molar-refractivity contribution is 14.1. The van der Waals surface area contributed by atoms with Gasteiger partial charge in [0.15, 0.2) is 0 Å². The Morgan fingerprint density at radius 3 is 2.76 bits per heavy atom. The summed E-state index contributed by atoms with van der Waals surface area (Å²) in [5.41, 5.74) is 6.46. The number of hydrogen-bond donors (Lipinski definition) is 1. The van der Waals surface area contributed by atoms with Crippen molar-refractivity contribution in [3.63, 3.8) is 0 Å². The lowest BCUT2D eigenvalue weighted by Crippen LogP contribution is -2.29. The number of benzene rings is 1. The highest BCUT2D eigenvalue weighted by atomic mass is 127. The van der Waals surface area contributed by atoms with Crippen LogP contribution in [0.3, 0.4) is 0 Å². The second-order valence-corrected chi connectivity index (χ2v) is 6.25. The lowest BCUT2D eigenvalue weighted by Gasteiger charge is -2.15. The number of carbonyl (C=O) groups excluding carboxylic acids is 1. The number of nitrogen functional groups attached to an aromatic ring is 1. The number of nitrogens with two attached hydrogens (primary N) is 1. The summed E-state index contributed by atoms with van der Waals surface area (Å²) in [5.74, 6) is 0.778. The molecule has 1 aromatic rings. The van der Waals surface area contributed by atoms with Crippen molar-refractivity contribution in [2.75, 3.05) is 24.6 Å². The van der Waals surface area contributed by atoms with Crippen LogP contribution in [-0.4, -0.2) is 29.6 Å². The maximum Gasteiger partial charge on any atom is 0.232 e. The molecule has 1 amide bonds. The summed E-state index contributed by atoms with van der Waals surface area (Å²) in [6.45, 7) is 1.86. The molecule has 0 saturated carbocycles. The van der Waals surface area contributed by atoms with Crippen molar-refractivity contribution in [2.24, 2.45) is 0 Å². The van der Waals surface area contributed by atoms with Crippen molar-refractivity contribution in [3.8, 4) is 0 Å². The normalized spacial score (nSPS) is 15.2. The summed E-state index contributed by atoms with van der Waals surface area (Å²) in [4.78, 5) is 15.0. The van der Waals surface area contributed by atoms with Crippen molar-refractivity contribution >= 4 is 45.9 Å². The fourth-order valence-electron chi connectivity index (χ4n) is 1.83. The number of likely N-dealkylation sites (tertiary alicyclic amines) is 1. The lowest BCUT2D eigenvalue weighted by molar-refractivity contribution is -0.127. The molecule has 0 atom stereocenters. The first kappa shape index (κ1) is 13.0. The molecule has 1 aromatic carbocycles. The van der Waals surface area contributed by atoms with Gasteiger partial charge in [0, 0.05) is 27.2 Å². The van der Waals surface area contributed by atoms with Gasteiger partial charge in [0.2, 0.25) is 5.91 Å². The van der Waals surface area contributed by atoms with Gasteiger partial charge in [-0.05, 0) is 53.6 Å². The molecule has 0 unspecified atom stereocenters. The molecule has 5 heteroatoms. The Kier molecular flexibility index (Phi) is 4.55. The smallest absolute Gasteiger partial charge is 0.232 e. The van der Waals surface area contributed by atoms with E-state index in [0.29, 0.717) is 5.75 Å². The van der Waals surface area contributed by atoms with Gasteiger partial charge >= 0.3 is 0 Å². The maximum atomic E-state index is 11.9. The van der Waals surface area contributed by atoms with E-state index in [4.69, 9.17) is 5.73 Å². The van der Waals surface area contributed by atoms with E-state index in [9.17, 15) is 4.79 Å². The van der Waals surface area contributed by atoms with Crippen molar-refractivity contribution < 1.29 is 4.79 Å². The van der Waals surface area contributed by atoms with E-state index < -0.39 is 0 Å². The maximum absolute atomic E-state index is 11.9. The van der Waals surface area contributed by atoms with Crippen LogP contribution in [0.2, 0.25) is 0 Å². The molecule has 1 aliphatic heterocycles. The standard InChI is InChI=1S/C12H15IN2OS/c13-10-7-9(14)3-4-11(10)17-8-12(16)15-5-1-2-6-15/h3-4,7H,1-2,5-6,8,14H2. The zero-order valence-corrected chi connectivity index (χ0v) is 12.5. The second kappa shape index (κ2) is 5.95. The Labute approximate surface area is 119 Å².